The summed E-state index contributed by atoms with van der Waals surface area (Å²) in [6.07, 6.45) is -0.489. The summed E-state index contributed by atoms with van der Waals surface area (Å²) < 4.78 is 28.2. The Morgan fingerprint density at radius 3 is 2.52 bits per heavy atom. The third-order valence-electron chi connectivity index (χ3n) is 4.96. The van der Waals surface area contributed by atoms with Crippen molar-refractivity contribution in [3.05, 3.63) is 88.4 Å². The Balaban J connectivity index is 1.58. The van der Waals surface area contributed by atoms with Crippen molar-refractivity contribution >= 4 is 49.0 Å². The van der Waals surface area contributed by atoms with E-state index in [0.29, 0.717) is 15.7 Å². The van der Waals surface area contributed by atoms with Gasteiger partial charge in [0.25, 0.3) is 15.9 Å². The SMILES string of the molecule is O=C(C[C@]1(O)C(=O)Nc2ccc(Br)cc21)c1cccc(NS(=O)(=O)c2ccccc2)c1. The van der Waals surface area contributed by atoms with Crippen molar-refractivity contribution in [1.29, 1.82) is 0 Å². The lowest BCUT2D eigenvalue weighted by Gasteiger charge is -2.20. The van der Waals surface area contributed by atoms with Crippen molar-refractivity contribution < 1.29 is 23.1 Å². The summed E-state index contributed by atoms with van der Waals surface area (Å²) in [5, 5.41) is 13.6. The molecule has 0 radical (unpaired) electrons. The fraction of sp³-hybridized carbons (Fsp3) is 0.0909. The maximum Gasteiger partial charge on any atom is 0.261 e. The molecule has 1 atom stereocenters. The molecule has 7 nitrogen and oxygen atoms in total. The molecule has 0 spiro atoms. The van der Waals surface area contributed by atoms with E-state index in [0.717, 1.165) is 0 Å². The summed E-state index contributed by atoms with van der Waals surface area (Å²) >= 11 is 3.30. The minimum absolute atomic E-state index is 0.0888. The number of rotatable bonds is 6. The lowest BCUT2D eigenvalue weighted by Crippen LogP contribution is -2.36. The van der Waals surface area contributed by atoms with Crippen LogP contribution in [-0.2, 0) is 20.4 Å². The van der Waals surface area contributed by atoms with E-state index in [-0.39, 0.29) is 16.1 Å². The predicted molar refractivity (Wildman–Crippen MR) is 119 cm³/mol. The second-order valence-corrected chi connectivity index (χ2v) is 9.70. The standard InChI is InChI=1S/C22H17BrN2O5S/c23-15-9-10-19-18(12-15)22(28,21(27)24-19)13-20(26)14-5-4-6-16(11-14)25-31(29,30)17-7-2-1-3-8-17/h1-12,25,28H,13H2,(H,24,27)/t22-/m1/s1. The van der Waals surface area contributed by atoms with Gasteiger partial charge in [0.2, 0.25) is 0 Å². The molecule has 31 heavy (non-hydrogen) atoms. The Hall–Kier alpha value is -3.01. The van der Waals surface area contributed by atoms with Crippen LogP contribution in [0.15, 0.2) is 82.2 Å². The zero-order chi connectivity index (χ0) is 22.2. The van der Waals surface area contributed by atoms with Crippen LogP contribution in [0.3, 0.4) is 0 Å². The Labute approximate surface area is 187 Å². The molecule has 3 N–H and O–H groups in total. The monoisotopic (exact) mass is 500 g/mol. The third kappa shape index (κ3) is 4.12. The minimum atomic E-state index is -3.82. The molecule has 0 saturated heterocycles. The fourth-order valence-corrected chi connectivity index (χ4v) is 4.83. The molecule has 0 aromatic heterocycles. The molecule has 158 valence electrons. The molecule has 1 amide bonds. The first kappa shape index (κ1) is 21.2. The maximum absolute atomic E-state index is 12.9. The molecular weight excluding hydrogens is 484 g/mol. The highest BCUT2D eigenvalue weighted by atomic mass is 79.9. The number of amides is 1. The van der Waals surface area contributed by atoms with Gasteiger partial charge in [-0.2, -0.15) is 0 Å². The smallest absolute Gasteiger partial charge is 0.261 e. The highest BCUT2D eigenvalue weighted by molar-refractivity contribution is 9.10. The number of Topliss-reactive ketones (excluding diaryl/α,β-unsaturated/α-hetero) is 1. The van der Waals surface area contributed by atoms with E-state index >= 15 is 0 Å². The first-order valence-corrected chi connectivity index (χ1v) is 11.5. The van der Waals surface area contributed by atoms with Gasteiger partial charge in [0.1, 0.15) is 0 Å². The molecule has 3 aromatic rings. The van der Waals surface area contributed by atoms with E-state index < -0.39 is 33.7 Å². The molecule has 9 heteroatoms. The van der Waals surface area contributed by atoms with Crippen LogP contribution in [0, 0.1) is 0 Å². The molecular formula is C22H17BrN2O5S. The van der Waals surface area contributed by atoms with Crippen LogP contribution in [-0.4, -0.2) is 25.2 Å². The number of halogens is 1. The second kappa shape index (κ2) is 7.92. The van der Waals surface area contributed by atoms with E-state index in [1.54, 1.807) is 36.4 Å². The largest absolute Gasteiger partial charge is 0.375 e. The van der Waals surface area contributed by atoms with Crippen molar-refractivity contribution in [3.8, 4) is 0 Å². The van der Waals surface area contributed by atoms with Gasteiger partial charge in [-0.15, -0.1) is 0 Å². The average Bonchev–Trinajstić information content (AvgIpc) is 2.98. The highest BCUT2D eigenvalue weighted by Crippen LogP contribution is 2.40. The summed E-state index contributed by atoms with van der Waals surface area (Å²) in [5.41, 5.74) is -0.914. The normalized spacial score (nSPS) is 17.7. The Morgan fingerprint density at radius 1 is 1.03 bits per heavy atom. The van der Waals surface area contributed by atoms with Gasteiger partial charge in [-0.05, 0) is 42.5 Å². The van der Waals surface area contributed by atoms with E-state index in [9.17, 15) is 23.1 Å². The van der Waals surface area contributed by atoms with E-state index in [4.69, 9.17) is 0 Å². The van der Waals surface area contributed by atoms with Gasteiger partial charge in [0.15, 0.2) is 11.4 Å². The number of aliphatic hydroxyl groups is 1. The van der Waals surface area contributed by atoms with Gasteiger partial charge in [-0.3, -0.25) is 14.3 Å². The molecule has 1 aliphatic rings. The zero-order valence-electron chi connectivity index (χ0n) is 16.0. The van der Waals surface area contributed by atoms with Gasteiger partial charge >= 0.3 is 0 Å². The molecule has 3 aromatic carbocycles. The van der Waals surface area contributed by atoms with Crippen LogP contribution in [0.1, 0.15) is 22.3 Å². The Bertz CT molecular complexity index is 1290. The molecule has 0 saturated carbocycles. The number of hydrogen-bond acceptors (Lipinski definition) is 5. The summed E-state index contributed by atoms with van der Waals surface area (Å²) in [6.45, 7) is 0. The van der Waals surface area contributed by atoms with Crippen molar-refractivity contribution in [2.45, 2.75) is 16.9 Å². The van der Waals surface area contributed by atoms with Crippen LogP contribution in [0.25, 0.3) is 0 Å². The first-order chi connectivity index (χ1) is 14.7. The molecule has 0 bridgehead atoms. The molecule has 0 fully saturated rings. The van der Waals surface area contributed by atoms with Gasteiger partial charge in [0.05, 0.1) is 11.3 Å². The number of benzene rings is 3. The molecule has 4 rings (SSSR count). The summed E-state index contributed by atoms with van der Waals surface area (Å²) in [6, 6.07) is 18.7. The zero-order valence-corrected chi connectivity index (χ0v) is 18.4. The minimum Gasteiger partial charge on any atom is -0.375 e. The summed E-state index contributed by atoms with van der Waals surface area (Å²) in [5.74, 6) is -1.19. The number of fused-ring (bicyclic) bond motifs is 1. The Morgan fingerprint density at radius 2 is 1.77 bits per heavy atom. The Kier molecular flexibility index (Phi) is 5.42. The van der Waals surface area contributed by atoms with Crippen molar-refractivity contribution in [2.75, 3.05) is 10.0 Å². The van der Waals surface area contributed by atoms with Crippen LogP contribution in [0.5, 0.6) is 0 Å². The fourth-order valence-electron chi connectivity index (χ4n) is 3.40. The highest BCUT2D eigenvalue weighted by Gasteiger charge is 2.46. The van der Waals surface area contributed by atoms with Gasteiger partial charge in [-0.1, -0.05) is 46.3 Å². The van der Waals surface area contributed by atoms with E-state index in [2.05, 4.69) is 26.0 Å². The van der Waals surface area contributed by atoms with Gasteiger partial charge < -0.3 is 10.4 Å². The first-order valence-electron chi connectivity index (χ1n) is 9.24. The van der Waals surface area contributed by atoms with Crippen molar-refractivity contribution in [1.82, 2.24) is 0 Å². The quantitative estimate of drug-likeness (QED) is 0.447. The molecule has 0 aliphatic carbocycles. The number of anilines is 2. The van der Waals surface area contributed by atoms with E-state index in [1.807, 2.05) is 0 Å². The third-order valence-corrected chi connectivity index (χ3v) is 6.85. The van der Waals surface area contributed by atoms with E-state index in [1.165, 1.54) is 36.4 Å². The average molecular weight is 501 g/mol. The van der Waals surface area contributed by atoms with Crippen LogP contribution in [0.2, 0.25) is 0 Å². The van der Waals surface area contributed by atoms with Crippen LogP contribution >= 0.6 is 15.9 Å². The van der Waals surface area contributed by atoms with Gasteiger partial charge in [-0.25, -0.2) is 8.42 Å². The lowest BCUT2D eigenvalue weighted by molar-refractivity contribution is -0.133. The number of ketones is 1. The lowest BCUT2D eigenvalue weighted by atomic mass is 9.88. The number of sulfonamides is 1. The predicted octanol–water partition coefficient (Wildman–Crippen LogP) is 3.66. The number of hydrogen-bond donors (Lipinski definition) is 3. The number of nitrogens with one attached hydrogen (secondary N) is 2. The number of carbonyl (C=O) groups excluding carboxylic acids is 2. The topological polar surface area (TPSA) is 113 Å². The van der Waals surface area contributed by atoms with Crippen molar-refractivity contribution in [3.63, 3.8) is 0 Å². The molecule has 1 aliphatic heterocycles. The van der Waals surface area contributed by atoms with Crippen LogP contribution < -0.4 is 10.0 Å². The maximum atomic E-state index is 12.9. The number of carbonyl (C=O) groups is 2. The van der Waals surface area contributed by atoms with Gasteiger partial charge in [0, 0.05) is 27.0 Å². The summed E-state index contributed by atoms with van der Waals surface area (Å²) in [7, 11) is -3.82. The van der Waals surface area contributed by atoms with Crippen molar-refractivity contribution in [2.24, 2.45) is 0 Å². The molecule has 1 heterocycles. The second-order valence-electron chi connectivity index (χ2n) is 7.10. The molecule has 0 unspecified atom stereocenters. The van der Waals surface area contributed by atoms with Crippen LogP contribution in [0.4, 0.5) is 11.4 Å². The summed E-state index contributed by atoms with van der Waals surface area (Å²) in [4.78, 5) is 25.4.